The van der Waals surface area contributed by atoms with E-state index in [-0.39, 0.29) is 110 Å². The molecule has 5 N–H and O–H groups in total. The van der Waals surface area contributed by atoms with Gasteiger partial charge in [0, 0.05) is 89.9 Å². The van der Waals surface area contributed by atoms with Gasteiger partial charge in [0.15, 0.2) is 5.78 Å². The van der Waals surface area contributed by atoms with E-state index in [9.17, 15) is 53.7 Å². The number of aliphatic carboxylic acids is 3. The van der Waals surface area contributed by atoms with Gasteiger partial charge in [-0.2, -0.15) is 11.8 Å². The number of ketones is 1. The van der Waals surface area contributed by atoms with Crippen LogP contribution in [0.15, 0.2) is 12.2 Å². The van der Waals surface area contributed by atoms with E-state index in [0.717, 1.165) is 17.1 Å². The first-order valence-electron chi connectivity index (χ1n) is 17.8. The molecule has 2 heterocycles. The number of thioether (sulfide) groups is 1. The molecule has 0 aromatic heterocycles. The molecule has 0 unspecified atom stereocenters. The number of rotatable bonds is 21. The molecule has 2 aliphatic rings. The van der Waals surface area contributed by atoms with Gasteiger partial charge in [-0.1, -0.05) is 20.3 Å². The zero-order chi connectivity index (χ0) is 39.5. The van der Waals surface area contributed by atoms with Crippen LogP contribution in [0.2, 0.25) is 0 Å². The first-order valence-corrected chi connectivity index (χ1v) is 19.2. The van der Waals surface area contributed by atoms with E-state index in [1.54, 1.807) is 19.6 Å². The maximum absolute atomic E-state index is 13.7. The Morgan fingerprint density at radius 1 is 0.755 bits per heavy atom. The second-order valence-electron chi connectivity index (χ2n) is 13.3. The van der Waals surface area contributed by atoms with Gasteiger partial charge in [0.1, 0.15) is 0 Å². The molecule has 53 heavy (non-hydrogen) atoms. The summed E-state index contributed by atoms with van der Waals surface area (Å²) in [6, 6.07) is -0.889. The molecular weight excluding hydrogens is 714 g/mol. The summed E-state index contributed by atoms with van der Waals surface area (Å²) < 4.78 is 0. The number of carboxylic acid groups (broad SMARTS) is 3. The Morgan fingerprint density at radius 2 is 1.19 bits per heavy atom. The van der Waals surface area contributed by atoms with Crippen molar-refractivity contribution in [2.24, 2.45) is 11.8 Å². The lowest BCUT2D eigenvalue weighted by Crippen LogP contribution is -2.51. The van der Waals surface area contributed by atoms with E-state index in [4.69, 9.17) is 0 Å². The van der Waals surface area contributed by atoms with Crippen molar-refractivity contribution >= 4 is 59.1 Å². The maximum Gasteiger partial charge on any atom is 0.317 e. The van der Waals surface area contributed by atoms with Crippen LogP contribution in [0.3, 0.4) is 0 Å². The van der Waals surface area contributed by atoms with Crippen molar-refractivity contribution in [2.45, 2.75) is 39.2 Å². The molecule has 1 fully saturated rings. The molecule has 0 aromatic rings. The Kier molecular flexibility index (Phi) is 20.2. The molecule has 0 bridgehead atoms. The maximum atomic E-state index is 13.7. The topological polar surface area (TPSA) is 238 Å². The van der Waals surface area contributed by atoms with Crippen LogP contribution in [-0.4, -0.2) is 197 Å². The first kappa shape index (κ1) is 45.2. The molecule has 0 aliphatic carbocycles. The van der Waals surface area contributed by atoms with Crippen molar-refractivity contribution in [3.63, 3.8) is 0 Å². The number of carboxylic acids is 3. The van der Waals surface area contributed by atoms with Gasteiger partial charge in [-0.3, -0.25) is 62.9 Å². The third kappa shape index (κ3) is 17.2. The predicted molar refractivity (Wildman–Crippen MR) is 195 cm³/mol. The molecular formula is C34H55N7O11S. The van der Waals surface area contributed by atoms with Crippen molar-refractivity contribution in [1.29, 1.82) is 0 Å². The third-order valence-electron chi connectivity index (χ3n) is 9.33. The SMILES string of the molecule is CC[C@H](C)[C@H](CC(=O)[C@H](CCSC)NC(=O)CN1CCN(CC(=O)O)CCN(CC(=O)O)CCN(CC(=O)O)CC1)C(=O)NCCN1C(=O)C=CC1=O. The number of Topliss-reactive ketones (excluding diaryl/α,β-unsaturated/α-hetero) is 1. The number of carbonyl (C=O) groups excluding carboxylic acids is 5. The van der Waals surface area contributed by atoms with Gasteiger partial charge in [0.05, 0.1) is 32.2 Å². The third-order valence-corrected chi connectivity index (χ3v) is 9.98. The number of amides is 4. The van der Waals surface area contributed by atoms with E-state index < -0.39 is 53.5 Å². The van der Waals surface area contributed by atoms with Crippen molar-refractivity contribution in [3.8, 4) is 0 Å². The van der Waals surface area contributed by atoms with Gasteiger partial charge in [-0.15, -0.1) is 0 Å². The van der Waals surface area contributed by atoms with Gasteiger partial charge in [-0.05, 0) is 24.3 Å². The number of imide groups is 1. The number of hydrogen-bond donors (Lipinski definition) is 5. The molecule has 1 saturated heterocycles. The highest BCUT2D eigenvalue weighted by molar-refractivity contribution is 7.98. The van der Waals surface area contributed by atoms with Crippen molar-refractivity contribution < 1.29 is 53.7 Å². The Labute approximate surface area is 314 Å². The van der Waals surface area contributed by atoms with Gasteiger partial charge in [-0.25, -0.2) is 0 Å². The lowest BCUT2D eigenvalue weighted by molar-refractivity contribution is -0.140. The minimum Gasteiger partial charge on any atom is -0.480 e. The second-order valence-corrected chi connectivity index (χ2v) is 14.3. The smallest absolute Gasteiger partial charge is 0.317 e. The molecule has 3 atom stereocenters. The van der Waals surface area contributed by atoms with Crippen LogP contribution in [0.1, 0.15) is 33.1 Å². The van der Waals surface area contributed by atoms with E-state index in [0.29, 0.717) is 18.6 Å². The quantitative estimate of drug-likeness (QED) is 0.0824. The molecule has 2 rings (SSSR count). The average molecular weight is 770 g/mol. The Balaban J connectivity index is 2.15. The van der Waals surface area contributed by atoms with Crippen LogP contribution in [0.25, 0.3) is 0 Å². The van der Waals surface area contributed by atoms with Gasteiger partial charge in [0.25, 0.3) is 11.8 Å². The number of nitrogens with zero attached hydrogens (tertiary/aromatic N) is 5. The zero-order valence-corrected chi connectivity index (χ0v) is 31.7. The van der Waals surface area contributed by atoms with Crippen molar-refractivity contribution in [3.05, 3.63) is 12.2 Å². The summed E-state index contributed by atoms with van der Waals surface area (Å²) in [6.07, 6.45) is 4.97. The summed E-state index contributed by atoms with van der Waals surface area (Å²) >= 11 is 1.49. The van der Waals surface area contributed by atoms with Gasteiger partial charge in [0.2, 0.25) is 11.8 Å². The summed E-state index contributed by atoms with van der Waals surface area (Å²) in [5, 5.41) is 33.9. The highest BCUT2D eigenvalue weighted by Gasteiger charge is 2.31. The molecule has 4 amide bonds. The summed E-state index contributed by atoms with van der Waals surface area (Å²) in [6.45, 7) is 4.63. The minimum absolute atomic E-state index is 0.00815. The summed E-state index contributed by atoms with van der Waals surface area (Å²) in [5.41, 5.74) is 0. The van der Waals surface area contributed by atoms with E-state index in [1.165, 1.54) is 11.8 Å². The van der Waals surface area contributed by atoms with Crippen molar-refractivity contribution in [1.82, 2.24) is 35.1 Å². The zero-order valence-electron chi connectivity index (χ0n) is 30.9. The van der Waals surface area contributed by atoms with Crippen LogP contribution in [0.4, 0.5) is 0 Å². The van der Waals surface area contributed by atoms with E-state index in [1.807, 2.05) is 20.1 Å². The standard InChI is InChI=1S/C34H55N7O11S/c1-4-24(2)25(34(52)35-8-9-41-29(44)5-6-30(41)45)19-27(42)26(7-18-53-3)36-28(43)20-37-10-12-38(21-31(46)47)14-16-40(23-33(50)51)17-15-39(13-11-37)22-32(48)49/h5-6,24-26H,4,7-23H2,1-3H3,(H,35,52)(H,36,43)(H,46,47)(H,48,49)(H,50,51)/t24-,25-,26-/m0/s1. The highest BCUT2D eigenvalue weighted by Crippen LogP contribution is 2.21. The molecule has 298 valence electrons. The highest BCUT2D eigenvalue weighted by atomic mass is 32.2. The molecule has 0 spiro atoms. The van der Waals surface area contributed by atoms with Crippen LogP contribution in [0, 0.1) is 11.8 Å². The number of hydrogen-bond acceptors (Lipinski definition) is 13. The Morgan fingerprint density at radius 3 is 1.58 bits per heavy atom. The summed E-state index contributed by atoms with van der Waals surface area (Å²) in [4.78, 5) is 107. The molecule has 2 aliphatic heterocycles. The predicted octanol–water partition coefficient (Wildman–Crippen LogP) is -1.64. The Hall–Kier alpha value is -3.91. The Bertz CT molecular complexity index is 1280. The number of nitrogens with one attached hydrogen (secondary N) is 2. The van der Waals surface area contributed by atoms with Crippen LogP contribution in [-0.2, 0) is 38.4 Å². The largest absolute Gasteiger partial charge is 0.480 e. The molecule has 0 aromatic carbocycles. The molecule has 18 nitrogen and oxygen atoms in total. The monoisotopic (exact) mass is 769 g/mol. The van der Waals surface area contributed by atoms with E-state index >= 15 is 0 Å². The lowest BCUT2D eigenvalue weighted by Gasteiger charge is -2.33. The van der Waals surface area contributed by atoms with Crippen molar-refractivity contribution in [2.75, 3.05) is 104 Å². The first-order chi connectivity index (χ1) is 25.1. The molecule has 0 saturated carbocycles. The van der Waals surface area contributed by atoms with Crippen LogP contribution in [0.5, 0.6) is 0 Å². The number of carbonyl (C=O) groups is 8. The van der Waals surface area contributed by atoms with Crippen LogP contribution >= 0.6 is 11.8 Å². The van der Waals surface area contributed by atoms with Crippen LogP contribution < -0.4 is 10.6 Å². The normalized spacial score (nSPS) is 18.8. The summed E-state index contributed by atoms with van der Waals surface area (Å²) in [5.74, 6) is -5.62. The molecule has 0 radical (unpaired) electrons. The second kappa shape index (κ2) is 23.7. The van der Waals surface area contributed by atoms with E-state index in [2.05, 4.69) is 10.6 Å². The lowest BCUT2D eigenvalue weighted by atomic mass is 9.85. The average Bonchev–Trinajstić information content (AvgIpc) is 3.41. The summed E-state index contributed by atoms with van der Waals surface area (Å²) in [7, 11) is 0. The fraction of sp³-hybridized carbons (Fsp3) is 0.706. The molecule has 19 heteroatoms. The van der Waals surface area contributed by atoms with Gasteiger partial charge >= 0.3 is 17.9 Å². The minimum atomic E-state index is -1.06. The fourth-order valence-electron chi connectivity index (χ4n) is 6.05. The van der Waals surface area contributed by atoms with Gasteiger partial charge < -0.3 is 26.0 Å². The fourth-order valence-corrected chi connectivity index (χ4v) is 6.52.